The summed E-state index contributed by atoms with van der Waals surface area (Å²) in [6, 6.07) is 15.7. The van der Waals surface area contributed by atoms with E-state index < -0.39 is 4.92 Å². The molecule has 1 aliphatic carbocycles. The van der Waals surface area contributed by atoms with Gasteiger partial charge in [0.25, 0.3) is 11.6 Å². The molecule has 5 rings (SSSR count). The van der Waals surface area contributed by atoms with Gasteiger partial charge < -0.3 is 9.73 Å². The molecule has 0 saturated heterocycles. The lowest BCUT2D eigenvalue weighted by Crippen LogP contribution is -2.23. The summed E-state index contributed by atoms with van der Waals surface area (Å²) in [7, 11) is 0. The summed E-state index contributed by atoms with van der Waals surface area (Å²) < 4.78 is 5.33. The van der Waals surface area contributed by atoms with Crippen LogP contribution in [-0.2, 0) is 19.4 Å². The maximum atomic E-state index is 13.2. The minimum absolute atomic E-state index is 0.00853. The predicted octanol–water partition coefficient (Wildman–Crippen LogP) is 7.61. The Balaban J connectivity index is 1.41. The number of hydrogen-bond donors (Lipinski definition) is 1. The zero-order chi connectivity index (χ0) is 25.8. The average molecular weight is 552 g/mol. The van der Waals surface area contributed by atoms with Gasteiger partial charge in [0, 0.05) is 27.1 Å². The minimum atomic E-state index is -0.396. The number of benzene rings is 2. The molecule has 0 aliphatic heterocycles. The molecule has 0 atom stereocenters. The number of carbonyl (C=O) groups is 1. The van der Waals surface area contributed by atoms with Crippen LogP contribution in [0.1, 0.15) is 45.0 Å². The van der Waals surface area contributed by atoms with Crippen molar-refractivity contribution in [1.82, 2.24) is 5.32 Å². The third-order valence-corrected chi connectivity index (χ3v) is 8.46. The van der Waals surface area contributed by atoms with Crippen LogP contribution >= 0.6 is 34.7 Å². The van der Waals surface area contributed by atoms with Gasteiger partial charge in [-0.15, -0.1) is 11.3 Å². The topological polar surface area (TPSA) is 97.7 Å². The smallest absolute Gasteiger partial charge is 0.283 e. The number of fused-ring (bicyclic) bond motifs is 1. The van der Waals surface area contributed by atoms with Gasteiger partial charge in [-0.2, -0.15) is 0 Å². The van der Waals surface area contributed by atoms with Crippen LogP contribution in [0.15, 0.2) is 80.1 Å². The molecule has 4 aromatic rings. The number of furan rings is 1. The standard InChI is InChI=1S/C27H22ClN3O4S2/c28-18-8-10-20(11-9-18)36-24-12-7-17(14-22(24)31(33)34)15-30-27-25(21-5-1-2-6-23(21)37-27)26(32)29-16-19-4-3-13-35-19/h3-4,7-15H,1-2,5-6,16H2,(H,29,32). The fraction of sp³-hybridized carbons (Fsp3) is 0.185. The molecule has 1 N–H and O–H groups in total. The fourth-order valence-electron chi connectivity index (χ4n) is 4.15. The monoisotopic (exact) mass is 551 g/mol. The molecule has 1 amide bonds. The summed E-state index contributed by atoms with van der Waals surface area (Å²) in [5.74, 6) is 0.481. The largest absolute Gasteiger partial charge is 0.467 e. The van der Waals surface area contributed by atoms with Crippen molar-refractivity contribution in [2.45, 2.75) is 42.0 Å². The Kier molecular flexibility index (Phi) is 7.73. The van der Waals surface area contributed by atoms with Crippen LogP contribution in [-0.4, -0.2) is 17.0 Å². The van der Waals surface area contributed by atoms with Crippen molar-refractivity contribution >= 4 is 57.5 Å². The summed E-state index contributed by atoms with van der Waals surface area (Å²) in [6.45, 7) is 0.290. The molecule has 0 fully saturated rings. The van der Waals surface area contributed by atoms with E-state index >= 15 is 0 Å². The van der Waals surface area contributed by atoms with E-state index in [1.807, 2.05) is 18.2 Å². The Labute approximate surface area is 226 Å². The number of rotatable bonds is 8. The Hall–Kier alpha value is -3.40. The van der Waals surface area contributed by atoms with E-state index in [0.717, 1.165) is 36.1 Å². The molecule has 1 aliphatic rings. The number of carbonyl (C=O) groups excluding carboxylic acids is 1. The molecule has 10 heteroatoms. The van der Waals surface area contributed by atoms with Crippen molar-refractivity contribution in [3.63, 3.8) is 0 Å². The second-order valence-corrected chi connectivity index (χ2v) is 11.1. The molecule has 188 valence electrons. The second-order valence-electron chi connectivity index (χ2n) is 8.45. The summed E-state index contributed by atoms with van der Waals surface area (Å²) in [4.78, 5) is 31.8. The molecule has 2 aromatic heterocycles. The molecular formula is C27H22ClN3O4S2. The van der Waals surface area contributed by atoms with Gasteiger partial charge in [-0.1, -0.05) is 29.4 Å². The predicted molar refractivity (Wildman–Crippen MR) is 147 cm³/mol. The molecular weight excluding hydrogens is 530 g/mol. The number of nitro benzene ring substituents is 1. The number of hydrogen-bond acceptors (Lipinski definition) is 7. The first kappa shape index (κ1) is 25.3. The van der Waals surface area contributed by atoms with Gasteiger partial charge in [-0.05, 0) is 79.3 Å². The van der Waals surface area contributed by atoms with Gasteiger partial charge in [0.05, 0.1) is 28.2 Å². The number of aryl methyl sites for hydroxylation is 1. The first-order valence-corrected chi connectivity index (χ1v) is 13.7. The molecule has 0 spiro atoms. The van der Waals surface area contributed by atoms with Gasteiger partial charge in [0.15, 0.2) is 0 Å². The normalized spacial score (nSPS) is 13.0. The minimum Gasteiger partial charge on any atom is -0.467 e. The van der Waals surface area contributed by atoms with E-state index in [1.165, 1.54) is 34.0 Å². The Morgan fingerprint density at radius 1 is 1.19 bits per heavy atom. The van der Waals surface area contributed by atoms with Gasteiger partial charge in [-0.3, -0.25) is 14.9 Å². The number of nitro groups is 1. The Morgan fingerprint density at radius 3 is 2.76 bits per heavy atom. The fourth-order valence-corrected chi connectivity index (χ4v) is 6.41. The number of thiophene rings is 1. The third kappa shape index (κ3) is 5.95. The maximum Gasteiger partial charge on any atom is 0.283 e. The van der Waals surface area contributed by atoms with E-state index in [4.69, 9.17) is 16.0 Å². The van der Waals surface area contributed by atoms with Gasteiger partial charge in [0.2, 0.25) is 0 Å². The van der Waals surface area contributed by atoms with E-state index in [1.54, 1.807) is 42.8 Å². The highest BCUT2D eigenvalue weighted by atomic mass is 35.5. The van der Waals surface area contributed by atoms with Crippen LogP contribution in [0.3, 0.4) is 0 Å². The lowest BCUT2D eigenvalue weighted by molar-refractivity contribution is -0.387. The van der Waals surface area contributed by atoms with Crippen molar-refractivity contribution in [2.75, 3.05) is 0 Å². The van der Waals surface area contributed by atoms with Gasteiger partial charge in [0.1, 0.15) is 10.8 Å². The molecule has 0 unspecified atom stereocenters. The number of amides is 1. The van der Waals surface area contributed by atoms with E-state index in [0.29, 0.717) is 38.4 Å². The third-order valence-electron chi connectivity index (χ3n) is 5.94. The number of aliphatic imine (C=N–C) groups is 1. The molecule has 37 heavy (non-hydrogen) atoms. The maximum absolute atomic E-state index is 13.2. The lowest BCUT2D eigenvalue weighted by Gasteiger charge is -2.12. The van der Waals surface area contributed by atoms with Gasteiger partial charge in [-0.25, -0.2) is 4.99 Å². The first-order valence-electron chi connectivity index (χ1n) is 11.7. The van der Waals surface area contributed by atoms with E-state index in [-0.39, 0.29) is 11.6 Å². The zero-order valence-corrected chi connectivity index (χ0v) is 22.0. The summed E-state index contributed by atoms with van der Waals surface area (Å²) in [6.07, 6.45) is 7.04. The highest BCUT2D eigenvalue weighted by molar-refractivity contribution is 7.99. The van der Waals surface area contributed by atoms with Crippen molar-refractivity contribution < 1.29 is 14.1 Å². The molecule has 2 heterocycles. The molecule has 7 nitrogen and oxygen atoms in total. The zero-order valence-electron chi connectivity index (χ0n) is 19.6. The van der Waals surface area contributed by atoms with Crippen LogP contribution in [0.25, 0.3) is 0 Å². The highest BCUT2D eigenvalue weighted by Gasteiger charge is 2.25. The van der Waals surface area contributed by atoms with E-state index in [2.05, 4.69) is 10.3 Å². The second kappa shape index (κ2) is 11.3. The number of nitrogens with one attached hydrogen (secondary N) is 1. The molecule has 2 aromatic carbocycles. The summed E-state index contributed by atoms with van der Waals surface area (Å²) >= 11 is 8.77. The van der Waals surface area contributed by atoms with Crippen LogP contribution in [0.5, 0.6) is 0 Å². The van der Waals surface area contributed by atoms with Gasteiger partial charge >= 0.3 is 0 Å². The lowest BCUT2D eigenvalue weighted by atomic mass is 9.95. The molecule has 0 saturated carbocycles. The van der Waals surface area contributed by atoms with Crippen molar-refractivity contribution in [2.24, 2.45) is 4.99 Å². The van der Waals surface area contributed by atoms with Crippen LogP contribution in [0, 0.1) is 10.1 Å². The highest BCUT2D eigenvalue weighted by Crippen LogP contribution is 2.40. The number of halogens is 1. The van der Waals surface area contributed by atoms with Crippen molar-refractivity contribution in [1.29, 1.82) is 0 Å². The quantitative estimate of drug-likeness (QED) is 0.138. The first-order chi connectivity index (χ1) is 18.0. The van der Waals surface area contributed by atoms with Crippen LogP contribution in [0.2, 0.25) is 5.02 Å². The number of nitrogens with zero attached hydrogens (tertiary/aromatic N) is 2. The average Bonchev–Trinajstić information content (AvgIpc) is 3.55. The Morgan fingerprint density at radius 2 is 2.00 bits per heavy atom. The van der Waals surface area contributed by atoms with E-state index in [9.17, 15) is 14.9 Å². The van der Waals surface area contributed by atoms with Crippen molar-refractivity contribution in [3.8, 4) is 0 Å². The summed E-state index contributed by atoms with van der Waals surface area (Å²) in [5.41, 5.74) is 2.22. The molecule has 0 radical (unpaired) electrons. The summed E-state index contributed by atoms with van der Waals surface area (Å²) in [5, 5.41) is 16.0. The molecule has 0 bridgehead atoms. The van der Waals surface area contributed by atoms with Crippen LogP contribution in [0.4, 0.5) is 10.7 Å². The SMILES string of the molecule is O=C(NCc1ccco1)c1c(N=Cc2ccc(Sc3ccc(Cl)cc3)c([N+](=O)[O-])c2)sc2c1CCCC2. The van der Waals surface area contributed by atoms with Crippen molar-refractivity contribution in [3.05, 3.63) is 103 Å². The Bertz CT molecular complexity index is 1460. The van der Waals surface area contributed by atoms with Crippen LogP contribution < -0.4 is 5.32 Å².